The summed E-state index contributed by atoms with van der Waals surface area (Å²) in [6.07, 6.45) is 2.80. The number of ether oxygens (including phenoxy) is 2. The second kappa shape index (κ2) is 9.04. The van der Waals surface area contributed by atoms with Crippen LogP contribution in [0.3, 0.4) is 0 Å². The molecule has 0 spiro atoms. The van der Waals surface area contributed by atoms with Crippen molar-refractivity contribution in [2.45, 2.75) is 38.3 Å². The van der Waals surface area contributed by atoms with Crippen molar-refractivity contribution in [2.75, 3.05) is 13.4 Å². The van der Waals surface area contributed by atoms with E-state index in [1.54, 1.807) is 28.8 Å². The second-order valence-electron chi connectivity index (χ2n) is 6.44. The summed E-state index contributed by atoms with van der Waals surface area (Å²) in [5.41, 5.74) is 3.50. The van der Waals surface area contributed by atoms with E-state index in [2.05, 4.69) is 19.8 Å². The van der Waals surface area contributed by atoms with E-state index in [0.717, 1.165) is 22.5 Å². The third kappa shape index (κ3) is 4.92. The van der Waals surface area contributed by atoms with E-state index in [1.807, 2.05) is 20.1 Å². The minimum absolute atomic E-state index is 0.180. The molecule has 8 nitrogen and oxygen atoms in total. The van der Waals surface area contributed by atoms with Gasteiger partial charge in [-0.1, -0.05) is 23.9 Å². The van der Waals surface area contributed by atoms with Crippen LogP contribution in [-0.4, -0.2) is 44.9 Å². The third-order valence-corrected chi connectivity index (χ3v) is 5.06. The van der Waals surface area contributed by atoms with Crippen LogP contribution in [0.4, 0.5) is 0 Å². The predicted octanol–water partition coefficient (Wildman–Crippen LogP) is 2.72. The molecule has 0 aliphatic carbocycles. The molecule has 2 heterocycles. The Morgan fingerprint density at radius 1 is 1.10 bits per heavy atom. The van der Waals surface area contributed by atoms with Gasteiger partial charge in [-0.25, -0.2) is 9.50 Å². The fraction of sp³-hybridized carbons (Fsp3) is 0.350. The smallest absolute Gasteiger partial charge is 0.311 e. The highest BCUT2D eigenvalue weighted by atomic mass is 32.2. The first-order valence-corrected chi connectivity index (χ1v) is 10.3. The number of fused-ring (bicyclic) bond motifs is 1. The van der Waals surface area contributed by atoms with Crippen molar-refractivity contribution < 1.29 is 19.1 Å². The van der Waals surface area contributed by atoms with Gasteiger partial charge in [0.25, 0.3) is 5.78 Å². The van der Waals surface area contributed by atoms with Crippen molar-refractivity contribution in [1.29, 1.82) is 0 Å². The number of methoxy groups -OCH3 is 1. The maximum atomic E-state index is 12.3. The van der Waals surface area contributed by atoms with Crippen LogP contribution in [0.25, 0.3) is 5.78 Å². The normalized spacial score (nSPS) is 10.9. The lowest BCUT2D eigenvalue weighted by Crippen LogP contribution is -2.12. The van der Waals surface area contributed by atoms with E-state index < -0.39 is 0 Å². The van der Waals surface area contributed by atoms with Crippen molar-refractivity contribution >= 4 is 29.5 Å². The molecule has 0 radical (unpaired) electrons. The summed E-state index contributed by atoms with van der Waals surface area (Å²) in [7, 11) is 1.35. The number of aryl methyl sites for hydroxylation is 2. The van der Waals surface area contributed by atoms with Gasteiger partial charge in [-0.3, -0.25) is 9.59 Å². The standard InChI is InChI=1S/C20H22N4O4S/c1-12-16(13(2)24-19(21-12)22-20(23-24)29-4)9-10-17(25)28-15-7-5-14(6-8-15)11-18(26)27-3/h5-8H,9-11H2,1-4H3. The highest BCUT2D eigenvalue weighted by Crippen LogP contribution is 2.19. The minimum atomic E-state index is -0.340. The topological polar surface area (TPSA) is 95.7 Å². The van der Waals surface area contributed by atoms with Gasteiger partial charge in [0.15, 0.2) is 0 Å². The number of thioether (sulfide) groups is 1. The average Bonchev–Trinajstić information content (AvgIpc) is 3.12. The van der Waals surface area contributed by atoms with E-state index in [1.165, 1.54) is 18.9 Å². The maximum Gasteiger partial charge on any atom is 0.311 e. The number of rotatable bonds is 7. The zero-order valence-electron chi connectivity index (χ0n) is 16.8. The van der Waals surface area contributed by atoms with Crippen molar-refractivity contribution in [1.82, 2.24) is 19.6 Å². The van der Waals surface area contributed by atoms with Crippen LogP contribution < -0.4 is 4.74 Å². The Morgan fingerprint density at radius 2 is 1.83 bits per heavy atom. The Labute approximate surface area is 172 Å². The van der Waals surface area contributed by atoms with Crippen LogP contribution in [0.15, 0.2) is 29.4 Å². The quantitative estimate of drug-likeness (QED) is 0.331. The van der Waals surface area contributed by atoms with Crippen LogP contribution in [0.5, 0.6) is 5.75 Å². The fourth-order valence-corrected chi connectivity index (χ4v) is 3.30. The molecule has 0 saturated heterocycles. The monoisotopic (exact) mass is 414 g/mol. The molecular weight excluding hydrogens is 392 g/mol. The van der Waals surface area contributed by atoms with Crippen molar-refractivity contribution in [3.63, 3.8) is 0 Å². The van der Waals surface area contributed by atoms with Gasteiger partial charge in [-0.05, 0) is 49.8 Å². The molecular formula is C20H22N4O4S. The summed E-state index contributed by atoms with van der Waals surface area (Å²) in [6.45, 7) is 3.85. The molecule has 3 aromatic rings. The Balaban J connectivity index is 1.64. The Bertz CT molecular complexity index is 1050. The van der Waals surface area contributed by atoms with Crippen LogP contribution >= 0.6 is 11.8 Å². The van der Waals surface area contributed by atoms with Gasteiger partial charge >= 0.3 is 11.9 Å². The largest absolute Gasteiger partial charge is 0.469 e. The first kappa shape index (κ1) is 20.8. The Morgan fingerprint density at radius 3 is 2.48 bits per heavy atom. The lowest BCUT2D eigenvalue weighted by atomic mass is 10.1. The van der Waals surface area contributed by atoms with Gasteiger partial charge in [0, 0.05) is 11.4 Å². The van der Waals surface area contributed by atoms with E-state index in [4.69, 9.17) is 4.74 Å². The molecule has 0 aliphatic rings. The van der Waals surface area contributed by atoms with Gasteiger partial charge in [0.05, 0.1) is 20.0 Å². The van der Waals surface area contributed by atoms with Crippen LogP contribution in [0.1, 0.15) is 28.9 Å². The van der Waals surface area contributed by atoms with Crippen molar-refractivity contribution in [3.05, 3.63) is 46.8 Å². The Hall–Kier alpha value is -2.94. The number of carbonyl (C=O) groups is 2. The van der Waals surface area contributed by atoms with E-state index in [0.29, 0.717) is 23.1 Å². The molecule has 29 heavy (non-hydrogen) atoms. The maximum absolute atomic E-state index is 12.3. The predicted molar refractivity (Wildman–Crippen MR) is 108 cm³/mol. The first-order valence-electron chi connectivity index (χ1n) is 9.04. The third-order valence-electron chi connectivity index (χ3n) is 4.52. The first-order chi connectivity index (χ1) is 13.9. The molecule has 0 aliphatic heterocycles. The fourth-order valence-electron chi connectivity index (χ4n) is 2.96. The molecule has 0 saturated carbocycles. The summed E-state index contributed by atoms with van der Waals surface area (Å²) in [5.74, 6) is 0.338. The summed E-state index contributed by atoms with van der Waals surface area (Å²) < 4.78 is 11.7. The molecule has 0 N–H and O–H groups in total. The second-order valence-corrected chi connectivity index (χ2v) is 7.22. The van der Waals surface area contributed by atoms with E-state index in [-0.39, 0.29) is 24.8 Å². The molecule has 0 fully saturated rings. The number of hydrogen-bond acceptors (Lipinski definition) is 8. The lowest BCUT2D eigenvalue weighted by Gasteiger charge is -2.10. The molecule has 152 valence electrons. The van der Waals surface area contributed by atoms with Gasteiger partial charge in [-0.15, -0.1) is 5.10 Å². The van der Waals surface area contributed by atoms with E-state index >= 15 is 0 Å². The van der Waals surface area contributed by atoms with E-state index in [9.17, 15) is 9.59 Å². The van der Waals surface area contributed by atoms with Crippen molar-refractivity contribution in [2.24, 2.45) is 0 Å². The highest BCUT2D eigenvalue weighted by molar-refractivity contribution is 7.98. The number of nitrogens with zero attached hydrogens (tertiary/aromatic N) is 4. The van der Waals surface area contributed by atoms with Crippen molar-refractivity contribution in [3.8, 4) is 5.75 Å². The summed E-state index contributed by atoms with van der Waals surface area (Å²) >= 11 is 1.46. The van der Waals surface area contributed by atoms with Gasteiger partial charge in [0.1, 0.15) is 5.75 Å². The number of hydrogen-bond donors (Lipinski definition) is 0. The summed E-state index contributed by atoms with van der Waals surface area (Å²) in [4.78, 5) is 32.4. The van der Waals surface area contributed by atoms with Gasteiger partial charge < -0.3 is 9.47 Å². The molecule has 1 aromatic carbocycles. The number of esters is 2. The number of benzene rings is 1. The Kier molecular flexibility index (Phi) is 6.48. The lowest BCUT2D eigenvalue weighted by molar-refractivity contribution is -0.140. The van der Waals surface area contributed by atoms with Crippen LogP contribution in [0, 0.1) is 13.8 Å². The van der Waals surface area contributed by atoms with Gasteiger partial charge in [0.2, 0.25) is 5.16 Å². The molecule has 0 amide bonds. The molecule has 2 aromatic heterocycles. The molecule has 3 rings (SSSR count). The highest BCUT2D eigenvalue weighted by Gasteiger charge is 2.15. The van der Waals surface area contributed by atoms with Gasteiger partial charge in [-0.2, -0.15) is 4.98 Å². The number of carbonyl (C=O) groups excluding carboxylic acids is 2. The molecule has 0 atom stereocenters. The van der Waals surface area contributed by atoms with Crippen LogP contribution in [0.2, 0.25) is 0 Å². The SMILES string of the molecule is COC(=O)Cc1ccc(OC(=O)CCc2c(C)nc3nc(SC)nn3c2C)cc1. The molecule has 0 bridgehead atoms. The van der Waals surface area contributed by atoms with Crippen LogP contribution in [-0.2, 0) is 27.2 Å². The molecule has 0 unspecified atom stereocenters. The zero-order valence-corrected chi connectivity index (χ0v) is 17.6. The average molecular weight is 414 g/mol. The zero-order chi connectivity index (χ0) is 21.0. The summed E-state index contributed by atoms with van der Waals surface area (Å²) in [6, 6.07) is 6.80. The minimum Gasteiger partial charge on any atom is -0.469 e. The molecule has 9 heteroatoms. The number of aromatic nitrogens is 4. The summed E-state index contributed by atoms with van der Waals surface area (Å²) in [5, 5.41) is 5.08.